The van der Waals surface area contributed by atoms with Gasteiger partial charge in [-0.2, -0.15) is 0 Å². The van der Waals surface area contributed by atoms with Crippen LogP contribution in [0.15, 0.2) is 0 Å². The topological polar surface area (TPSA) is 23.5 Å². The molecule has 0 spiro atoms. The van der Waals surface area contributed by atoms with Crippen LogP contribution in [0.25, 0.3) is 0 Å². The maximum absolute atomic E-state index is 8.83. The molecule has 3 atom stereocenters. The highest BCUT2D eigenvalue weighted by Crippen LogP contribution is 2.46. The number of likely N-dealkylation sites (N-methyl/N-ethyl adjacent to an activating group) is 1. The molecule has 1 aliphatic heterocycles. The van der Waals surface area contributed by atoms with E-state index in [0.717, 1.165) is 12.0 Å². The van der Waals surface area contributed by atoms with Crippen molar-refractivity contribution in [2.24, 2.45) is 5.92 Å². The fourth-order valence-electron chi connectivity index (χ4n) is 1.97. The Bertz CT molecular complexity index is 126. The number of aliphatic hydroxyl groups excluding tert-OH is 1. The lowest BCUT2D eigenvalue weighted by Gasteiger charge is -2.19. The zero-order valence-corrected chi connectivity index (χ0v) is 5.75. The molecule has 0 aromatic heterocycles. The molecule has 0 amide bonds. The van der Waals surface area contributed by atoms with Crippen LogP contribution in [0.4, 0.5) is 0 Å². The van der Waals surface area contributed by atoms with Gasteiger partial charge in [-0.3, -0.25) is 4.90 Å². The molecule has 2 rings (SSSR count). The summed E-state index contributed by atoms with van der Waals surface area (Å²) < 4.78 is 0. The monoisotopic (exact) mass is 127 g/mol. The standard InChI is InChI=1S/C7H13NO/c1-8-6(4-9)2-5-3-7(5)8/h5-7,9H,2-4H2,1H3/t5-,6-,7+/m0/s1. The largest absolute Gasteiger partial charge is 0.395 e. The molecule has 9 heavy (non-hydrogen) atoms. The third kappa shape index (κ3) is 0.700. The molecule has 1 saturated carbocycles. The lowest BCUT2D eigenvalue weighted by atomic mass is 10.2. The maximum atomic E-state index is 8.83. The van der Waals surface area contributed by atoms with Crippen LogP contribution in [-0.4, -0.2) is 35.7 Å². The van der Waals surface area contributed by atoms with Gasteiger partial charge in [-0.05, 0) is 25.8 Å². The van der Waals surface area contributed by atoms with Crippen LogP contribution in [0, 0.1) is 5.92 Å². The second kappa shape index (κ2) is 1.70. The van der Waals surface area contributed by atoms with Crippen LogP contribution in [0.3, 0.4) is 0 Å². The summed E-state index contributed by atoms with van der Waals surface area (Å²) in [6.07, 6.45) is 2.62. The minimum Gasteiger partial charge on any atom is -0.395 e. The molecule has 2 heteroatoms. The molecule has 1 N–H and O–H groups in total. The molecule has 52 valence electrons. The van der Waals surface area contributed by atoms with Crippen molar-refractivity contribution in [3.8, 4) is 0 Å². The van der Waals surface area contributed by atoms with Crippen LogP contribution < -0.4 is 0 Å². The van der Waals surface area contributed by atoms with Crippen LogP contribution in [-0.2, 0) is 0 Å². The van der Waals surface area contributed by atoms with Crippen molar-refractivity contribution in [3.05, 3.63) is 0 Å². The highest BCUT2D eigenvalue weighted by molar-refractivity contribution is 5.03. The first-order valence-corrected chi connectivity index (χ1v) is 3.65. The van der Waals surface area contributed by atoms with E-state index >= 15 is 0 Å². The van der Waals surface area contributed by atoms with Gasteiger partial charge >= 0.3 is 0 Å². The normalized spacial score (nSPS) is 49.3. The third-order valence-corrected chi connectivity index (χ3v) is 2.77. The SMILES string of the molecule is CN1[C@H](CO)C[C@H]2C[C@H]21. The van der Waals surface area contributed by atoms with Crippen molar-refractivity contribution in [1.82, 2.24) is 4.90 Å². The van der Waals surface area contributed by atoms with E-state index in [2.05, 4.69) is 11.9 Å². The molecule has 1 saturated heterocycles. The molecule has 2 fully saturated rings. The maximum Gasteiger partial charge on any atom is 0.0586 e. The van der Waals surface area contributed by atoms with Crippen molar-refractivity contribution in [1.29, 1.82) is 0 Å². The van der Waals surface area contributed by atoms with Crippen molar-refractivity contribution in [2.75, 3.05) is 13.7 Å². The summed E-state index contributed by atoms with van der Waals surface area (Å²) in [6.45, 7) is 0.351. The predicted octanol–water partition coefficient (Wildman–Crippen LogP) is 0.0713. The molecule has 2 nitrogen and oxygen atoms in total. The van der Waals surface area contributed by atoms with Crippen molar-refractivity contribution in [2.45, 2.75) is 24.9 Å². The van der Waals surface area contributed by atoms with Crippen molar-refractivity contribution in [3.63, 3.8) is 0 Å². The first kappa shape index (κ1) is 5.69. The lowest BCUT2D eigenvalue weighted by Crippen LogP contribution is -2.31. The average molecular weight is 127 g/mol. The van der Waals surface area contributed by atoms with E-state index in [-0.39, 0.29) is 0 Å². The second-order valence-corrected chi connectivity index (χ2v) is 3.30. The van der Waals surface area contributed by atoms with Gasteiger partial charge in [0.1, 0.15) is 0 Å². The number of nitrogens with zero attached hydrogens (tertiary/aromatic N) is 1. The molecular formula is C7H13NO. The summed E-state index contributed by atoms with van der Waals surface area (Å²) in [6, 6.07) is 1.32. The Kier molecular flexibility index (Phi) is 1.08. The molecule has 0 radical (unpaired) electrons. The van der Waals surface area contributed by atoms with Gasteiger partial charge in [0.15, 0.2) is 0 Å². The van der Waals surface area contributed by atoms with Gasteiger partial charge in [0, 0.05) is 12.1 Å². The van der Waals surface area contributed by atoms with E-state index in [1.807, 2.05) is 0 Å². The van der Waals surface area contributed by atoms with Crippen LogP contribution >= 0.6 is 0 Å². The summed E-state index contributed by atoms with van der Waals surface area (Å²) >= 11 is 0. The molecule has 0 unspecified atom stereocenters. The van der Waals surface area contributed by atoms with Gasteiger partial charge in [-0.25, -0.2) is 0 Å². The molecule has 0 aromatic carbocycles. The van der Waals surface area contributed by atoms with Gasteiger partial charge in [-0.15, -0.1) is 0 Å². The average Bonchev–Trinajstić information content (AvgIpc) is 2.55. The molecule has 1 aliphatic carbocycles. The Morgan fingerprint density at radius 3 is 2.67 bits per heavy atom. The van der Waals surface area contributed by atoms with E-state index in [4.69, 9.17) is 5.11 Å². The van der Waals surface area contributed by atoms with Crippen LogP contribution in [0.5, 0.6) is 0 Å². The Labute approximate surface area is 55.5 Å². The Morgan fingerprint density at radius 1 is 1.56 bits per heavy atom. The molecular weight excluding hydrogens is 114 g/mol. The summed E-state index contributed by atoms with van der Waals surface area (Å²) in [5, 5.41) is 8.83. The van der Waals surface area contributed by atoms with E-state index in [0.29, 0.717) is 12.6 Å². The summed E-state index contributed by atoms with van der Waals surface area (Å²) in [5.41, 5.74) is 0. The van der Waals surface area contributed by atoms with Crippen molar-refractivity contribution >= 4 is 0 Å². The molecule has 1 heterocycles. The van der Waals surface area contributed by atoms with Gasteiger partial charge in [0.05, 0.1) is 6.61 Å². The Balaban J connectivity index is 1.99. The minimum absolute atomic E-state index is 0.351. The molecule has 2 aliphatic rings. The fraction of sp³-hybridized carbons (Fsp3) is 1.00. The van der Waals surface area contributed by atoms with E-state index in [1.165, 1.54) is 12.8 Å². The van der Waals surface area contributed by atoms with Crippen LogP contribution in [0.2, 0.25) is 0 Å². The lowest BCUT2D eigenvalue weighted by molar-refractivity contribution is 0.162. The highest BCUT2D eigenvalue weighted by atomic mass is 16.3. The number of aliphatic hydroxyl groups is 1. The smallest absolute Gasteiger partial charge is 0.0586 e. The van der Waals surface area contributed by atoms with Crippen LogP contribution in [0.1, 0.15) is 12.8 Å². The summed E-state index contributed by atoms with van der Waals surface area (Å²) in [5.74, 6) is 0.937. The van der Waals surface area contributed by atoms with Gasteiger partial charge in [0.2, 0.25) is 0 Å². The Hall–Kier alpha value is -0.0800. The van der Waals surface area contributed by atoms with Gasteiger partial charge < -0.3 is 5.11 Å². The highest BCUT2D eigenvalue weighted by Gasteiger charge is 2.49. The zero-order valence-electron chi connectivity index (χ0n) is 5.75. The third-order valence-electron chi connectivity index (χ3n) is 2.77. The fourth-order valence-corrected chi connectivity index (χ4v) is 1.97. The quantitative estimate of drug-likeness (QED) is 0.539. The second-order valence-electron chi connectivity index (χ2n) is 3.30. The zero-order chi connectivity index (χ0) is 6.43. The first-order chi connectivity index (χ1) is 4.33. The van der Waals surface area contributed by atoms with Gasteiger partial charge in [0.25, 0.3) is 0 Å². The molecule has 0 bridgehead atoms. The minimum atomic E-state index is 0.351. The number of hydrogen-bond donors (Lipinski definition) is 1. The van der Waals surface area contributed by atoms with Gasteiger partial charge in [-0.1, -0.05) is 0 Å². The number of piperidine rings is 1. The first-order valence-electron chi connectivity index (χ1n) is 3.65. The number of likely N-dealkylation sites (tertiary alicyclic amines) is 1. The Morgan fingerprint density at radius 2 is 2.33 bits per heavy atom. The number of hydrogen-bond acceptors (Lipinski definition) is 2. The van der Waals surface area contributed by atoms with E-state index in [1.54, 1.807) is 0 Å². The predicted molar refractivity (Wildman–Crippen MR) is 35.1 cm³/mol. The van der Waals surface area contributed by atoms with E-state index in [9.17, 15) is 0 Å². The van der Waals surface area contributed by atoms with Crippen molar-refractivity contribution < 1.29 is 5.11 Å². The summed E-state index contributed by atoms with van der Waals surface area (Å²) in [7, 11) is 2.12. The number of fused-ring (bicyclic) bond motifs is 1. The molecule has 0 aromatic rings. The van der Waals surface area contributed by atoms with E-state index < -0.39 is 0 Å². The summed E-state index contributed by atoms with van der Waals surface area (Å²) in [4.78, 5) is 2.32. The number of rotatable bonds is 1.